The number of nitrogens with zero attached hydrogens (tertiary/aromatic N) is 4. The molecule has 0 spiro atoms. The Morgan fingerprint density at radius 2 is 2.09 bits per heavy atom. The number of methoxy groups -OCH3 is 1. The largest absolute Gasteiger partial charge is 0.497 e. The summed E-state index contributed by atoms with van der Waals surface area (Å²) in [5.74, 6) is 4.20. The van der Waals surface area contributed by atoms with Crippen LogP contribution in [0.3, 0.4) is 0 Å². The lowest BCUT2D eigenvalue weighted by molar-refractivity contribution is 0.385. The van der Waals surface area contributed by atoms with Gasteiger partial charge in [-0.3, -0.25) is 4.99 Å². The summed E-state index contributed by atoms with van der Waals surface area (Å²) in [7, 11) is 3.59. The molecule has 4 rings (SSSR count). The maximum Gasteiger partial charge on any atom is 0.191 e. The van der Waals surface area contributed by atoms with Gasteiger partial charge in [0.2, 0.25) is 0 Å². The van der Waals surface area contributed by atoms with E-state index in [1.54, 1.807) is 7.11 Å². The number of aromatic nitrogens is 3. The molecule has 1 fully saturated rings. The maximum absolute atomic E-state index is 5.48. The number of hydrogen-bond donors (Lipinski definition) is 2. The molecular formula is C24H37IN6O. The average molecular weight is 553 g/mol. The normalized spacial score (nSPS) is 19.9. The number of nitrogens with one attached hydrogen (secondary N) is 2. The lowest BCUT2D eigenvalue weighted by Crippen LogP contribution is -2.50. The van der Waals surface area contributed by atoms with Gasteiger partial charge < -0.3 is 15.4 Å². The minimum Gasteiger partial charge on any atom is -0.497 e. The van der Waals surface area contributed by atoms with Crippen LogP contribution in [0, 0.1) is 0 Å². The number of aliphatic imine (C=N–C) groups is 1. The Morgan fingerprint density at radius 3 is 2.78 bits per heavy atom. The van der Waals surface area contributed by atoms with Crippen LogP contribution in [0.2, 0.25) is 0 Å². The first kappa shape index (κ1) is 24.8. The van der Waals surface area contributed by atoms with Gasteiger partial charge in [-0.1, -0.05) is 38.8 Å². The van der Waals surface area contributed by atoms with Crippen LogP contribution in [0.25, 0.3) is 0 Å². The Balaban J connectivity index is 0.00000289. The van der Waals surface area contributed by atoms with Gasteiger partial charge in [0, 0.05) is 37.4 Å². The highest BCUT2D eigenvalue weighted by Crippen LogP contribution is 2.41. The van der Waals surface area contributed by atoms with Crippen LogP contribution in [0.4, 0.5) is 0 Å². The van der Waals surface area contributed by atoms with Crippen LogP contribution in [-0.4, -0.2) is 47.5 Å². The molecule has 0 bridgehead atoms. The summed E-state index contributed by atoms with van der Waals surface area (Å²) in [6.07, 6.45) is 6.89. The predicted molar refractivity (Wildman–Crippen MR) is 139 cm³/mol. The molecule has 8 heteroatoms. The molecule has 0 radical (unpaired) electrons. The van der Waals surface area contributed by atoms with Crippen molar-refractivity contribution in [3.63, 3.8) is 0 Å². The molecule has 2 aromatic rings. The number of benzene rings is 1. The number of guanidine groups is 1. The highest BCUT2D eigenvalue weighted by molar-refractivity contribution is 14.0. The van der Waals surface area contributed by atoms with E-state index in [4.69, 9.17) is 14.8 Å². The van der Waals surface area contributed by atoms with Crippen molar-refractivity contribution in [1.29, 1.82) is 0 Å². The maximum atomic E-state index is 5.48. The summed E-state index contributed by atoms with van der Waals surface area (Å²) in [4.78, 5) is 9.21. The molecule has 1 atom stereocenters. The molecule has 1 saturated carbocycles. The Morgan fingerprint density at radius 1 is 1.31 bits per heavy atom. The molecule has 176 valence electrons. The SMILES string of the molecule is CN=C(NCC1(c2cccc(OC)c2)CCCC1)NC1CCc2nc(C(C)C)nn2C1.I. The van der Waals surface area contributed by atoms with E-state index < -0.39 is 0 Å². The molecule has 2 N–H and O–H groups in total. The zero-order chi connectivity index (χ0) is 21.8. The Hall–Kier alpha value is -1.84. The van der Waals surface area contributed by atoms with E-state index in [1.165, 1.54) is 31.2 Å². The predicted octanol–water partition coefficient (Wildman–Crippen LogP) is 4.02. The second-order valence-corrected chi connectivity index (χ2v) is 9.25. The van der Waals surface area contributed by atoms with Crippen LogP contribution >= 0.6 is 24.0 Å². The van der Waals surface area contributed by atoms with Crippen LogP contribution in [-0.2, 0) is 18.4 Å². The van der Waals surface area contributed by atoms with Crippen LogP contribution in [0.5, 0.6) is 5.75 Å². The lowest BCUT2D eigenvalue weighted by atomic mass is 9.78. The molecule has 1 aromatic heterocycles. The standard InChI is InChI=1S/C24H36N6O.HI/c1-17(2)22-28-21-11-10-19(15-30(21)29-22)27-23(25-3)26-16-24(12-5-6-13-24)18-8-7-9-20(14-18)31-4;/h7-9,14,17,19H,5-6,10-13,15-16H2,1-4H3,(H2,25,26,27);1H. The van der Waals surface area contributed by atoms with Crippen molar-refractivity contribution >= 4 is 29.9 Å². The van der Waals surface area contributed by atoms with Gasteiger partial charge in [0.25, 0.3) is 0 Å². The van der Waals surface area contributed by atoms with Gasteiger partial charge in [-0.25, -0.2) is 9.67 Å². The van der Waals surface area contributed by atoms with E-state index in [-0.39, 0.29) is 29.4 Å². The molecular weight excluding hydrogens is 515 g/mol. The van der Waals surface area contributed by atoms with Crippen LogP contribution in [0.1, 0.15) is 69.1 Å². The molecule has 1 unspecified atom stereocenters. The second kappa shape index (κ2) is 10.9. The highest BCUT2D eigenvalue weighted by Gasteiger charge is 2.36. The number of hydrogen-bond acceptors (Lipinski definition) is 4. The van der Waals surface area contributed by atoms with E-state index in [0.29, 0.717) is 12.0 Å². The average Bonchev–Trinajstić information content (AvgIpc) is 3.44. The van der Waals surface area contributed by atoms with Gasteiger partial charge in [0.15, 0.2) is 11.8 Å². The summed E-state index contributed by atoms with van der Waals surface area (Å²) in [6, 6.07) is 8.86. The lowest BCUT2D eigenvalue weighted by Gasteiger charge is -2.32. The van der Waals surface area contributed by atoms with Crippen molar-refractivity contribution in [3.8, 4) is 5.75 Å². The van der Waals surface area contributed by atoms with Gasteiger partial charge >= 0.3 is 0 Å². The Bertz CT molecular complexity index is 919. The first-order valence-electron chi connectivity index (χ1n) is 11.6. The number of rotatable bonds is 6. The van der Waals surface area contributed by atoms with Crippen LogP contribution in [0.15, 0.2) is 29.3 Å². The summed E-state index contributed by atoms with van der Waals surface area (Å²) in [6.45, 7) is 5.99. The first-order chi connectivity index (χ1) is 15.0. The molecule has 1 aromatic carbocycles. The molecule has 1 aliphatic carbocycles. The third kappa shape index (κ3) is 5.38. The third-order valence-corrected chi connectivity index (χ3v) is 6.79. The Labute approximate surface area is 208 Å². The van der Waals surface area contributed by atoms with E-state index in [9.17, 15) is 0 Å². The minimum atomic E-state index is 0. The van der Waals surface area contributed by atoms with Gasteiger partial charge in [-0.2, -0.15) is 5.10 Å². The second-order valence-electron chi connectivity index (χ2n) is 9.25. The van der Waals surface area contributed by atoms with E-state index in [1.807, 2.05) is 13.1 Å². The van der Waals surface area contributed by atoms with Crippen molar-refractivity contribution in [1.82, 2.24) is 25.4 Å². The number of ether oxygens (including phenoxy) is 1. The Kier molecular flexibility index (Phi) is 8.41. The smallest absolute Gasteiger partial charge is 0.191 e. The minimum absolute atomic E-state index is 0. The fourth-order valence-electron chi connectivity index (χ4n) is 4.90. The zero-order valence-electron chi connectivity index (χ0n) is 19.7. The van der Waals surface area contributed by atoms with Crippen molar-refractivity contribution < 1.29 is 4.74 Å². The first-order valence-corrected chi connectivity index (χ1v) is 11.6. The van der Waals surface area contributed by atoms with E-state index in [2.05, 4.69) is 52.4 Å². The van der Waals surface area contributed by atoms with E-state index >= 15 is 0 Å². The molecule has 32 heavy (non-hydrogen) atoms. The number of aryl methyl sites for hydroxylation is 1. The third-order valence-electron chi connectivity index (χ3n) is 6.79. The van der Waals surface area contributed by atoms with Gasteiger partial charge in [0.05, 0.1) is 13.7 Å². The fourth-order valence-corrected chi connectivity index (χ4v) is 4.90. The monoisotopic (exact) mass is 552 g/mol. The molecule has 0 saturated heterocycles. The van der Waals surface area contributed by atoms with Crippen molar-refractivity contribution in [2.75, 3.05) is 20.7 Å². The van der Waals surface area contributed by atoms with Gasteiger partial charge in [-0.05, 0) is 37.0 Å². The molecule has 0 amide bonds. The number of fused-ring (bicyclic) bond motifs is 1. The quantitative estimate of drug-likeness (QED) is 0.322. The van der Waals surface area contributed by atoms with Crippen molar-refractivity contribution in [2.45, 2.75) is 76.3 Å². The molecule has 1 aliphatic heterocycles. The summed E-state index contributed by atoms with van der Waals surface area (Å²) in [5.41, 5.74) is 1.49. The van der Waals surface area contributed by atoms with Crippen molar-refractivity contribution in [3.05, 3.63) is 41.5 Å². The molecule has 2 aliphatic rings. The summed E-state index contributed by atoms with van der Waals surface area (Å²) in [5, 5.41) is 12.0. The van der Waals surface area contributed by atoms with Crippen LogP contribution < -0.4 is 15.4 Å². The molecule has 2 heterocycles. The fraction of sp³-hybridized carbons (Fsp3) is 0.625. The summed E-state index contributed by atoms with van der Waals surface area (Å²) < 4.78 is 7.55. The number of halogens is 1. The van der Waals surface area contributed by atoms with Gasteiger partial charge in [-0.15, -0.1) is 24.0 Å². The topological polar surface area (TPSA) is 76.4 Å². The molecule has 7 nitrogen and oxygen atoms in total. The van der Waals surface area contributed by atoms with E-state index in [0.717, 1.165) is 49.3 Å². The summed E-state index contributed by atoms with van der Waals surface area (Å²) >= 11 is 0. The zero-order valence-corrected chi connectivity index (χ0v) is 22.1. The van der Waals surface area contributed by atoms with Crippen molar-refractivity contribution in [2.24, 2.45) is 4.99 Å². The highest BCUT2D eigenvalue weighted by atomic mass is 127. The van der Waals surface area contributed by atoms with Gasteiger partial charge in [0.1, 0.15) is 11.6 Å².